The van der Waals surface area contributed by atoms with Gasteiger partial charge in [0, 0.05) is 17.5 Å². The molecule has 4 heteroatoms. The summed E-state index contributed by atoms with van der Waals surface area (Å²) in [5.74, 6) is 1.47. The largest absolute Gasteiger partial charge is 0.359 e. The second-order valence-electron chi connectivity index (χ2n) is 5.96. The lowest BCUT2D eigenvalue weighted by molar-refractivity contribution is 0.207. The zero-order valence-corrected chi connectivity index (χ0v) is 13.2. The molecule has 0 aromatic carbocycles. The van der Waals surface area contributed by atoms with Crippen molar-refractivity contribution >= 4 is 11.3 Å². The molecule has 3 rings (SSSR count). The highest BCUT2D eigenvalue weighted by molar-refractivity contribution is 7.10. The van der Waals surface area contributed by atoms with Crippen molar-refractivity contribution < 1.29 is 4.52 Å². The fourth-order valence-electron chi connectivity index (χ4n) is 2.82. The zero-order chi connectivity index (χ0) is 14.1. The molecule has 0 spiro atoms. The molecule has 3 nitrogen and oxygen atoms in total. The summed E-state index contributed by atoms with van der Waals surface area (Å²) in [6.45, 7) is 8.69. The number of aryl methyl sites for hydroxylation is 1. The first kappa shape index (κ1) is 13.8. The number of rotatable bonds is 4. The Morgan fingerprint density at radius 3 is 3.00 bits per heavy atom. The highest BCUT2D eigenvalue weighted by Gasteiger charge is 2.30. The first-order valence-corrected chi connectivity index (χ1v) is 8.26. The lowest BCUT2D eigenvalue weighted by Crippen LogP contribution is -2.22. The maximum atomic E-state index is 5.60. The second kappa shape index (κ2) is 5.70. The summed E-state index contributed by atoms with van der Waals surface area (Å²) in [6, 6.07) is 4.75. The third kappa shape index (κ3) is 2.67. The van der Waals surface area contributed by atoms with Gasteiger partial charge in [-0.25, -0.2) is 0 Å². The van der Waals surface area contributed by atoms with Crippen molar-refractivity contribution in [2.45, 2.75) is 52.1 Å². The third-order valence-corrected chi connectivity index (χ3v) is 5.15. The van der Waals surface area contributed by atoms with Gasteiger partial charge in [-0.3, -0.25) is 4.90 Å². The number of likely N-dealkylation sites (tertiary alicyclic amines) is 1. The van der Waals surface area contributed by atoms with Crippen LogP contribution in [0.2, 0.25) is 0 Å². The van der Waals surface area contributed by atoms with Crippen LogP contribution >= 0.6 is 11.3 Å². The first-order valence-electron chi connectivity index (χ1n) is 7.38. The van der Waals surface area contributed by atoms with Crippen molar-refractivity contribution in [2.24, 2.45) is 0 Å². The summed E-state index contributed by atoms with van der Waals surface area (Å²) >= 11 is 1.86. The Hall–Kier alpha value is -1.13. The van der Waals surface area contributed by atoms with E-state index >= 15 is 0 Å². The molecule has 1 fully saturated rings. The van der Waals surface area contributed by atoms with Crippen LogP contribution in [-0.4, -0.2) is 16.6 Å². The SMILES string of the molecule is Cc1ccsc1CN1CCCC1c1cc(C(C)C)no1. The quantitative estimate of drug-likeness (QED) is 0.830. The van der Waals surface area contributed by atoms with Gasteiger partial charge in [-0.1, -0.05) is 19.0 Å². The average molecular weight is 290 g/mol. The monoisotopic (exact) mass is 290 g/mol. The normalized spacial score (nSPS) is 20.1. The molecule has 20 heavy (non-hydrogen) atoms. The first-order chi connectivity index (χ1) is 9.65. The molecule has 0 aliphatic carbocycles. The van der Waals surface area contributed by atoms with Gasteiger partial charge in [-0.15, -0.1) is 11.3 Å². The van der Waals surface area contributed by atoms with E-state index in [0.717, 1.165) is 24.5 Å². The van der Waals surface area contributed by atoms with Crippen LogP contribution in [-0.2, 0) is 6.54 Å². The number of aromatic nitrogens is 1. The van der Waals surface area contributed by atoms with E-state index < -0.39 is 0 Å². The van der Waals surface area contributed by atoms with E-state index in [1.807, 2.05) is 11.3 Å². The highest BCUT2D eigenvalue weighted by Crippen LogP contribution is 2.35. The van der Waals surface area contributed by atoms with Crippen LogP contribution in [0, 0.1) is 6.92 Å². The van der Waals surface area contributed by atoms with Crippen LogP contribution in [0.3, 0.4) is 0 Å². The molecule has 2 aromatic rings. The van der Waals surface area contributed by atoms with Gasteiger partial charge < -0.3 is 4.52 Å². The fourth-order valence-corrected chi connectivity index (χ4v) is 3.75. The van der Waals surface area contributed by atoms with Crippen molar-refractivity contribution in [3.8, 4) is 0 Å². The molecule has 1 aliphatic heterocycles. The molecular weight excluding hydrogens is 268 g/mol. The highest BCUT2D eigenvalue weighted by atomic mass is 32.1. The van der Waals surface area contributed by atoms with Gasteiger partial charge in [0.15, 0.2) is 5.76 Å². The molecule has 0 bridgehead atoms. The molecule has 0 amide bonds. The van der Waals surface area contributed by atoms with Crippen LogP contribution in [0.1, 0.15) is 60.5 Å². The maximum Gasteiger partial charge on any atom is 0.154 e. The van der Waals surface area contributed by atoms with Crippen molar-refractivity contribution in [3.63, 3.8) is 0 Å². The van der Waals surface area contributed by atoms with Crippen LogP contribution in [0.4, 0.5) is 0 Å². The molecular formula is C16H22N2OS. The van der Waals surface area contributed by atoms with E-state index in [1.165, 1.54) is 23.3 Å². The van der Waals surface area contributed by atoms with Crippen LogP contribution in [0.25, 0.3) is 0 Å². The minimum atomic E-state index is 0.400. The summed E-state index contributed by atoms with van der Waals surface area (Å²) in [6.07, 6.45) is 2.42. The van der Waals surface area contributed by atoms with Gasteiger partial charge in [0.05, 0.1) is 11.7 Å². The minimum Gasteiger partial charge on any atom is -0.359 e. The molecule has 1 unspecified atom stereocenters. The molecule has 108 valence electrons. The summed E-state index contributed by atoms with van der Waals surface area (Å²) in [7, 11) is 0. The number of thiophene rings is 1. The molecule has 0 N–H and O–H groups in total. The van der Waals surface area contributed by atoms with Crippen LogP contribution in [0.15, 0.2) is 22.0 Å². The van der Waals surface area contributed by atoms with Gasteiger partial charge >= 0.3 is 0 Å². The molecule has 1 atom stereocenters. The summed E-state index contributed by atoms with van der Waals surface area (Å²) in [5.41, 5.74) is 2.47. The smallest absolute Gasteiger partial charge is 0.154 e. The Labute approximate surface area is 124 Å². The lowest BCUT2D eigenvalue weighted by Gasteiger charge is -2.21. The van der Waals surface area contributed by atoms with E-state index in [-0.39, 0.29) is 0 Å². The van der Waals surface area contributed by atoms with E-state index in [9.17, 15) is 0 Å². The van der Waals surface area contributed by atoms with Crippen molar-refractivity contribution in [2.75, 3.05) is 6.54 Å². The number of hydrogen-bond donors (Lipinski definition) is 0. The van der Waals surface area contributed by atoms with E-state index in [4.69, 9.17) is 4.52 Å². The molecule has 0 saturated carbocycles. The molecule has 2 aromatic heterocycles. The average Bonchev–Trinajstić information content (AvgIpc) is 3.11. The van der Waals surface area contributed by atoms with E-state index in [0.29, 0.717) is 12.0 Å². The van der Waals surface area contributed by atoms with Gasteiger partial charge in [0.25, 0.3) is 0 Å². The lowest BCUT2D eigenvalue weighted by atomic mass is 10.1. The topological polar surface area (TPSA) is 29.3 Å². The Morgan fingerprint density at radius 2 is 2.35 bits per heavy atom. The summed E-state index contributed by atoms with van der Waals surface area (Å²) < 4.78 is 5.60. The Bertz CT molecular complexity index is 573. The van der Waals surface area contributed by atoms with Crippen molar-refractivity contribution in [1.29, 1.82) is 0 Å². The maximum absolute atomic E-state index is 5.60. The van der Waals surface area contributed by atoms with Gasteiger partial charge in [-0.05, 0) is 49.2 Å². The summed E-state index contributed by atoms with van der Waals surface area (Å²) in [5, 5.41) is 6.39. The fraction of sp³-hybridized carbons (Fsp3) is 0.562. The zero-order valence-electron chi connectivity index (χ0n) is 12.4. The molecule has 1 saturated heterocycles. The Kier molecular flexibility index (Phi) is 3.94. The minimum absolute atomic E-state index is 0.400. The predicted octanol–water partition coefficient (Wildman–Crippen LogP) is 4.51. The van der Waals surface area contributed by atoms with Crippen LogP contribution in [0.5, 0.6) is 0 Å². The van der Waals surface area contributed by atoms with Gasteiger partial charge in [-0.2, -0.15) is 0 Å². The number of hydrogen-bond acceptors (Lipinski definition) is 4. The van der Waals surface area contributed by atoms with Gasteiger partial charge in [0.1, 0.15) is 0 Å². The number of nitrogens with zero attached hydrogens (tertiary/aromatic N) is 2. The van der Waals surface area contributed by atoms with Crippen LogP contribution < -0.4 is 0 Å². The Balaban J connectivity index is 1.76. The molecule has 1 aliphatic rings. The van der Waals surface area contributed by atoms with E-state index in [1.54, 1.807) is 0 Å². The second-order valence-corrected chi connectivity index (χ2v) is 6.96. The molecule has 3 heterocycles. The standard InChI is InChI=1S/C16H22N2OS/c1-11(2)13-9-15(19-17-13)14-5-4-7-18(14)10-16-12(3)6-8-20-16/h6,8-9,11,14H,4-5,7,10H2,1-3H3. The van der Waals surface area contributed by atoms with E-state index in [2.05, 4.69) is 48.3 Å². The predicted molar refractivity (Wildman–Crippen MR) is 82.0 cm³/mol. The Morgan fingerprint density at radius 1 is 1.50 bits per heavy atom. The van der Waals surface area contributed by atoms with Crippen molar-refractivity contribution in [1.82, 2.24) is 10.1 Å². The molecule has 0 radical (unpaired) electrons. The van der Waals surface area contributed by atoms with Gasteiger partial charge in [0.2, 0.25) is 0 Å². The van der Waals surface area contributed by atoms with Crippen molar-refractivity contribution in [3.05, 3.63) is 39.4 Å². The third-order valence-electron chi connectivity index (χ3n) is 4.15. The summed E-state index contributed by atoms with van der Waals surface area (Å²) in [4.78, 5) is 4.00.